The van der Waals surface area contributed by atoms with Gasteiger partial charge in [-0.15, -0.1) is 5.10 Å². The van der Waals surface area contributed by atoms with Gasteiger partial charge in [0, 0.05) is 38.3 Å². The van der Waals surface area contributed by atoms with Crippen molar-refractivity contribution in [1.82, 2.24) is 30.1 Å². The summed E-state index contributed by atoms with van der Waals surface area (Å²) in [4.78, 5) is 21.1. The van der Waals surface area contributed by atoms with Crippen LogP contribution in [0.25, 0.3) is 10.9 Å². The average Bonchev–Trinajstić information content (AvgIpc) is 3.42. The molecule has 40 heavy (non-hydrogen) atoms. The van der Waals surface area contributed by atoms with Crippen molar-refractivity contribution in [3.05, 3.63) is 117 Å². The lowest BCUT2D eigenvalue weighted by atomic mass is 10.00. The summed E-state index contributed by atoms with van der Waals surface area (Å²) in [6, 6.07) is 22.8. The Morgan fingerprint density at radius 1 is 0.950 bits per heavy atom. The molecule has 0 spiro atoms. The first-order valence-electron chi connectivity index (χ1n) is 13.7. The van der Waals surface area contributed by atoms with Crippen molar-refractivity contribution in [2.45, 2.75) is 32.9 Å². The third kappa shape index (κ3) is 5.12. The summed E-state index contributed by atoms with van der Waals surface area (Å²) in [5, 5.41) is 13.8. The van der Waals surface area contributed by atoms with Crippen molar-refractivity contribution in [2.75, 3.05) is 31.1 Å². The van der Waals surface area contributed by atoms with E-state index in [1.807, 2.05) is 48.0 Å². The lowest BCUT2D eigenvalue weighted by molar-refractivity contribution is 0.199. The Morgan fingerprint density at radius 2 is 1.70 bits per heavy atom. The molecular formula is C31H32FN7O. The van der Waals surface area contributed by atoms with Gasteiger partial charge < -0.3 is 9.88 Å². The fourth-order valence-electron chi connectivity index (χ4n) is 5.78. The van der Waals surface area contributed by atoms with Gasteiger partial charge in [-0.2, -0.15) is 0 Å². The summed E-state index contributed by atoms with van der Waals surface area (Å²) in [6.07, 6.45) is 0.763. The van der Waals surface area contributed by atoms with Crippen molar-refractivity contribution in [3.8, 4) is 0 Å². The molecule has 1 fully saturated rings. The van der Waals surface area contributed by atoms with E-state index in [2.05, 4.69) is 61.5 Å². The molecule has 6 rings (SSSR count). The lowest BCUT2D eigenvalue weighted by Crippen LogP contribution is -2.49. The second-order valence-electron chi connectivity index (χ2n) is 10.5. The van der Waals surface area contributed by atoms with Crippen molar-refractivity contribution in [1.29, 1.82) is 0 Å². The smallest absolute Gasteiger partial charge is 0.253 e. The third-order valence-electron chi connectivity index (χ3n) is 7.75. The van der Waals surface area contributed by atoms with Crippen molar-refractivity contribution < 1.29 is 4.39 Å². The molecule has 3 aromatic carbocycles. The maximum Gasteiger partial charge on any atom is 0.253 e. The number of fused-ring (bicyclic) bond motifs is 1. The third-order valence-corrected chi connectivity index (χ3v) is 7.75. The number of hydrogen-bond donors (Lipinski definition) is 1. The number of para-hydroxylation sites is 1. The van der Waals surface area contributed by atoms with Crippen LogP contribution in [0.4, 0.5) is 10.1 Å². The Bertz CT molecular complexity index is 1690. The molecule has 0 bridgehead atoms. The molecule has 0 saturated carbocycles. The minimum Gasteiger partial charge on any atom is -0.367 e. The molecule has 9 heteroatoms. The normalized spacial score (nSPS) is 15.0. The van der Waals surface area contributed by atoms with Gasteiger partial charge >= 0.3 is 0 Å². The standard InChI is InChI=1S/C31H32FN7O/c1-21-18-22(2)28-24(19-21)20-25(31(40)33-28)29(30-34-35-36-39(30)13-12-23-8-4-3-5-9-23)38-16-14-37(15-17-38)27-11-7-6-10-26(27)32/h3-11,18-20,29H,12-17H2,1-2H3,(H,33,40)/t29-/m0/s1. The number of aryl methyl sites for hydroxylation is 4. The van der Waals surface area contributed by atoms with Gasteiger partial charge in [-0.25, -0.2) is 9.07 Å². The molecule has 3 heterocycles. The zero-order valence-electron chi connectivity index (χ0n) is 22.7. The van der Waals surface area contributed by atoms with Crippen LogP contribution in [0.3, 0.4) is 0 Å². The molecule has 0 amide bonds. The summed E-state index contributed by atoms with van der Waals surface area (Å²) in [6.45, 7) is 7.13. The van der Waals surface area contributed by atoms with Crippen LogP contribution in [0, 0.1) is 19.7 Å². The monoisotopic (exact) mass is 537 g/mol. The minimum atomic E-state index is -0.456. The number of pyridine rings is 1. The first kappa shape index (κ1) is 25.9. The molecule has 0 unspecified atom stereocenters. The van der Waals surface area contributed by atoms with Crippen LogP contribution < -0.4 is 10.5 Å². The van der Waals surface area contributed by atoms with Crippen molar-refractivity contribution in [2.24, 2.45) is 0 Å². The van der Waals surface area contributed by atoms with Crippen LogP contribution in [0.1, 0.15) is 34.1 Å². The van der Waals surface area contributed by atoms with E-state index in [-0.39, 0.29) is 11.4 Å². The van der Waals surface area contributed by atoms with Gasteiger partial charge in [0.15, 0.2) is 5.82 Å². The van der Waals surface area contributed by atoms with Gasteiger partial charge in [0.25, 0.3) is 5.56 Å². The number of aromatic nitrogens is 5. The maximum atomic E-state index is 14.5. The molecule has 1 atom stereocenters. The molecular weight excluding hydrogens is 505 g/mol. The largest absolute Gasteiger partial charge is 0.367 e. The molecule has 5 aromatic rings. The van der Waals surface area contributed by atoms with Gasteiger partial charge in [-0.3, -0.25) is 9.69 Å². The molecule has 0 radical (unpaired) electrons. The fourth-order valence-corrected chi connectivity index (χ4v) is 5.78. The predicted molar refractivity (Wildman–Crippen MR) is 154 cm³/mol. The molecule has 8 nitrogen and oxygen atoms in total. The number of rotatable bonds is 7. The highest BCUT2D eigenvalue weighted by Gasteiger charge is 2.33. The average molecular weight is 538 g/mol. The number of piperazine rings is 1. The summed E-state index contributed by atoms with van der Waals surface area (Å²) in [7, 11) is 0. The van der Waals surface area contributed by atoms with Gasteiger partial charge in [-0.1, -0.05) is 54.1 Å². The second-order valence-corrected chi connectivity index (χ2v) is 10.5. The van der Waals surface area contributed by atoms with Crippen molar-refractivity contribution in [3.63, 3.8) is 0 Å². The van der Waals surface area contributed by atoms with Crippen molar-refractivity contribution >= 4 is 16.6 Å². The van der Waals surface area contributed by atoms with E-state index >= 15 is 0 Å². The highest BCUT2D eigenvalue weighted by atomic mass is 19.1. The van der Waals surface area contributed by atoms with Gasteiger partial charge in [0.1, 0.15) is 11.9 Å². The fraction of sp³-hybridized carbons (Fsp3) is 0.290. The number of anilines is 1. The number of nitrogens with one attached hydrogen (secondary N) is 1. The predicted octanol–water partition coefficient (Wildman–Crippen LogP) is 4.42. The van der Waals surface area contributed by atoms with Gasteiger partial charge in [0.05, 0.1) is 11.2 Å². The highest BCUT2D eigenvalue weighted by Crippen LogP contribution is 2.30. The zero-order valence-corrected chi connectivity index (χ0v) is 22.7. The van der Waals surface area contributed by atoms with Crippen LogP contribution >= 0.6 is 0 Å². The van der Waals surface area contributed by atoms with E-state index in [0.717, 1.165) is 28.5 Å². The topological polar surface area (TPSA) is 82.9 Å². The quantitative estimate of drug-likeness (QED) is 0.331. The zero-order chi connectivity index (χ0) is 27.6. The molecule has 204 valence electrons. The summed E-state index contributed by atoms with van der Waals surface area (Å²) < 4.78 is 16.3. The number of halogens is 1. The number of H-pyrrole nitrogens is 1. The Hall–Kier alpha value is -4.37. The number of benzene rings is 3. The first-order chi connectivity index (χ1) is 19.5. The van der Waals surface area contributed by atoms with Gasteiger partial charge in [-0.05, 0) is 71.5 Å². The number of aromatic amines is 1. The molecule has 1 aliphatic rings. The first-order valence-corrected chi connectivity index (χ1v) is 13.7. The van der Waals surface area contributed by atoms with Crippen LogP contribution in [0.15, 0.2) is 77.6 Å². The van der Waals surface area contributed by atoms with Crippen LogP contribution in [0.2, 0.25) is 0 Å². The number of hydrogen-bond acceptors (Lipinski definition) is 6. The summed E-state index contributed by atoms with van der Waals surface area (Å²) in [5.41, 5.74) is 5.24. The molecule has 1 aliphatic heterocycles. The van der Waals surface area contributed by atoms with E-state index in [1.54, 1.807) is 6.07 Å². The Morgan fingerprint density at radius 3 is 2.48 bits per heavy atom. The second kappa shape index (κ2) is 11.0. The maximum absolute atomic E-state index is 14.5. The molecule has 0 aliphatic carbocycles. The van der Waals surface area contributed by atoms with Gasteiger partial charge in [0.2, 0.25) is 0 Å². The Labute approximate surface area is 232 Å². The number of tetrazole rings is 1. The number of nitrogens with zero attached hydrogens (tertiary/aromatic N) is 6. The molecule has 1 N–H and O–H groups in total. The molecule has 1 saturated heterocycles. The van der Waals surface area contributed by atoms with Crippen LogP contribution in [-0.4, -0.2) is 56.3 Å². The SMILES string of the molecule is Cc1cc(C)c2[nH]c(=O)c([C@@H](c3nnnn3CCc3ccccc3)N3CCN(c4ccccc4F)CC3)cc2c1. The van der Waals surface area contributed by atoms with E-state index in [4.69, 9.17) is 0 Å². The minimum absolute atomic E-state index is 0.154. The Kier molecular flexibility index (Phi) is 7.13. The summed E-state index contributed by atoms with van der Waals surface area (Å²) in [5.74, 6) is 0.401. The Balaban J connectivity index is 1.37. The van der Waals surface area contributed by atoms with Crippen LogP contribution in [-0.2, 0) is 13.0 Å². The van der Waals surface area contributed by atoms with E-state index in [1.165, 1.54) is 11.6 Å². The van der Waals surface area contributed by atoms with E-state index < -0.39 is 6.04 Å². The lowest BCUT2D eigenvalue weighted by Gasteiger charge is -2.39. The molecule has 2 aromatic heterocycles. The summed E-state index contributed by atoms with van der Waals surface area (Å²) >= 11 is 0. The van der Waals surface area contributed by atoms with E-state index in [9.17, 15) is 9.18 Å². The highest BCUT2D eigenvalue weighted by molar-refractivity contribution is 5.83. The van der Waals surface area contributed by atoms with E-state index in [0.29, 0.717) is 49.8 Å². The van der Waals surface area contributed by atoms with Crippen LogP contribution in [0.5, 0.6) is 0 Å².